The summed E-state index contributed by atoms with van der Waals surface area (Å²) in [6.07, 6.45) is -4.42. The Balaban J connectivity index is 2.13. The van der Waals surface area contributed by atoms with E-state index < -0.39 is 11.7 Å². The molecule has 2 rings (SSSR count). The molecule has 2 N–H and O–H groups in total. The Morgan fingerprint density at radius 2 is 2.00 bits per heavy atom. The van der Waals surface area contributed by atoms with Crippen molar-refractivity contribution in [2.75, 3.05) is 5.73 Å². The van der Waals surface area contributed by atoms with Crippen LogP contribution in [0.4, 0.5) is 18.9 Å². The molecule has 1 heterocycles. The highest BCUT2D eigenvalue weighted by Gasteiger charge is 2.30. The van der Waals surface area contributed by atoms with Crippen LogP contribution in [0.1, 0.15) is 17.2 Å². The molecule has 0 amide bonds. The van der Waals surface area contributed by atoms with E-state index in [0.717, 1.165) is 12.1 Å². The number of halogens is 3. The van der Waals surface area contributed by atoms with Crippen molar-refractivity contribution in [2.24, 2.45) is 7.05 Å². The van der Waals surface area contributed by atoms with Gasteiger partial charge in [-0.2, -0.15) is 13.2 Å². The fourth-order valence-electron chi connectivity index (χ4n) is 1.58. The number of nitrogen functional groups attached to an aromatic ring is 1. The Kier molecular flexibility index (Phi) is 3.56. The molecule has 8 heteroatoms. The molecule has 0 aliphatic heterocycles. The van der Waals surface area contributed by atoms with Gasteiger partial charge in [-0.25, -0.2) is 0 Å². The number of aromatic nitrogens is 3. The van der Waals surface area contributed by atoms with Gasteiger partial charge in [-0.15, -0.1) is 10.2 Å². The van der Waals surface area contributed by atoms with E-state index in [1.807, 2.05) is 0 Å². The fraction of sp³-hybridized carbons (Fsp3) is 0.333. The summed E-state index contributed by atoms with van der Waals surface area (Å²) in [5.74, 6) is 1.45. The number of hydrogen-bond acceptors (Lipinski definition) is 4. The third-order valence-corrected chi connectivity index (χ3v) is 2.88. The van der Waals surface area contributed by atoms with Gasteiger partial charge in [0.1, 0.15) is 18.2 Å². The van der Waals surface area contributed by atoms with E-state index in [0.29, 0.717) is 11.6 Å². The van der Waals surface area contributed by atoms with Crippen LogP contribution >= 0.6 is 0 Å². The summed E-state index contributed by atoms with van der Waals surface area (Å²) in [4.78, 5) is 0. The second kappa shape index (κ2) is 5.03. The quantitative estimate of drug-likeness (QED) is 0.879. The predicted octanol–water partition coefficient (Wildman–Crippen LogP) is 2.30. The fourth-order valence-corrected chi connectivity index (χ4v) is 1.58. The third-order valence-electron chi connectivity index (χ3n) is 2.88. The first kappa shape index (κ1) is 14.2. The van der Waals surface area contributed by atoms with Crippen molar-refractivity contribution in [1.29, 1.82) is 0 Å². The van der Waals surface area contributed by atoms with E-state index in [-0.39, 0.29) is 18.0 Å². The minimum atomic E-state index is -4.42. The molecule has 108 valence electrons. The molecule has 0 saturated heterocycles. The molecule has 0 radical (unpaired) electrons. The summed E-state index contributed by atoms with van der Waals surface area (Å²) in [6.45, 7) is 1.86. The van der Waals surface area contributed by atoms with Crippen LogP contribution in [0.3, 0.4) is 0 Å². The highest BCUT2D eigenvalue weighted by molar-refractivity contribution is 5.54. The second-order valence-corrected chi connectivity index (χ2v) is 4.26. The minimum absolute atomic E-state index is 0.0706. The Labute approximate surface area is 113 Å². The smallest absolute Gasteiger partial charge is 0.416 e. The first-order valence-corrected chi connectivity index (χ1v) is 5.73. The van der Waals surface area contributed by atoms with Crippen LogP contribution in [0.15, 0.2) is 18.2 Å². The number of hydrogen-bond donors (Lipinski definition) is 1. The number of nitrogens with two attached hydrogens (primary N) is 1. The number of anilines is 1. The molecule has 1 aromatic carbocycles. The molecule has 20 heavy (non-hydrogen) atoms. The van der Waals surface area contributed by atoms with Crippen LogP contribution in [0.25, 0.3) is 0 Å². The van der Waals surface area contributed by atoms with Crippen molar-refractivity contribution in [1.82, 2.24) is 14.8 Å². The van der Waals surface area contributed by atoms with Crippen LogP contribution in [0.2, 0.25) is 0 Å². The van der Waals surface area contributed by atoms with E-state index in [9.17, 15) is 13.2 Å². The van der Waals surface area contributed by atoms with Gasteiger partial charge in [0, 0.05) is 7.05 Å². The first-order valence-electron chi connectivity index (χ1n) is 5.73. The van der Waals surface area contributed by atoms with E-state index >= 15 is 0 Å². The molecule has 5 nitrogen and oxygen atoms in total. The Morgan fingerprint density at radius 3 is 2.50 bits per heavy atom. The van der Waals surface area contributed by atoms with Crippen LogP contribution in [0, 0.1) is 6.92 Å². The molecular weight excluding hydrogens is 273 g/mol. The maximum absolute atomic E-state index is 12.5. The van der Waals surface area contributed by atoms with Gasteiger partial charge in [0.25, 0.3) is 0 Å². The minimum Gasteiger partial charge on any atom is -0.483 e. The molecule has 0 aliphatic carbocycles. The predicted molar refractivity (Wildman–Crippen MR) is 65.9 cm³/mol. The highest BCUT2D eigenvalue weighted by Crippen LogP contribution is 2.33. The number of alkyl halides is 3. The van der Waals surface area contributed by atoms with Gasteiger partial charge in [-0.05, 0) is 25.1 Å². The SMILES string of the molecule is Cc1nnc(COc2ccc(C(F)(F)F)cc2N)n1C. The van der Waals surface area contributed by atoms with Crippen LogP contribution in [-0.2, 0) is 19.8 Å². The van der Waals surface area contributed by atoms with E-state index in [1.54, 1.807) is 18.5 Å². The van der Waals surface area contributed by atoms with Crippen LogP contribution < -0.4 is 10.5 Å². The Bertz CT molecular complexity index is 622. The van der Waals surface area contributed by atoms with Gasteiger partial charge in [-0.1, -0.05) is 0 Å². The average Bonchev–Trinajstić information content (AvgIpc) is 2.67. The maximum atomic E-state index is 12.5. The number of rotatable bonds is 3. The van der Waals surface area contributed by atoms with Gasteiger partial charge in [0.2, 0.25) is 0 Å². The normalized spacial score (nSPS) is 11.7. The zero-order valence-electron chi connectivity index (χ0n) is 10.9. The topological polar surface area (TPSA) is 66.0 Å². The second-order valence-electron chi connectivity index (χ2n) is 4.26. The molecule has 0 unspecified atom stereocenters. The van der Waals surface area contributed by atoms with Crippen molar-refractivity contribution < 1.29 is 17.9 Å². The lowest BCUT2D eigenvalue weighted by Gasteiger charge is -2.11. The van der Waals surface area contributed by atoms with Crippen molar-refractivity contribution in [2.45, 2.75) is 19.7 Å². The molecule has 0 fully saturated rings. The Morgan fingerprint density at radius 1 is 1.30 bits per heavy atom. The third kappa shape index (κ3) is 2.84. The van der Waals surface area contributed by atoms with Crippen molar-refractivity contribution in [3.05, 3.63) is 35.4 Å². The molecular formula is C12H13F3N4O. The summed E-state index contributed by atoms with van der Waals surface area (Å²) >= 11 is 0. The molecule has 0 saturated carbocycles. The van der Waals surface area contributed by atoms with Gasteiger partial charge in [-0.3, -0.25) is 0 Å². The molecule has 0 bridgehead atoms. The van der Waals surface area contributed by atoms with Crippen LogP contribution in [0.5, 0.6) is 5.75 Å². The lowest BCUT2D eigenvalue weighted by Crippen LogP contribution is -2.08. The average molecular weight is 286 g/mol. The number of nitrogens with zero attached hydrogens (tertiary/aromatic N) is 3. The monoisotopic (exact) mass is 286 g/mol. The standard InChI is InChI=1S/C12H13F3N4O/c1-7-17-18-11(19(7)2)6-20-10-4-3-8(5-9(10)16)12(13,14)15/h3-5H,6,16H2,1-2H3. The number of benzene rings is 1. The number of ether oxygens (including phenoxy) is 1. The van der Waals surface area contributed by atoms with E-state index in [2.05, 4.69) is 10.2 Å². The Hall–Kier alpha value is -2.25. The van der Waals surface area contributed by atoms with Crippen molar-refractivity contribution in [3.63, 3.8) is 0 Å². The van der Waals surface area contributed by atoms with Crippen LogP contribution in [-0.4, -0.2) is 14.8 Å². The van der Waals surface area contributed by atoms with Crippen molar-refractivity contribution >= 4 is 5.69 Å². The lowest BCUT2D eigenvalue weighted by atomic mass is 10.2. The molecule has 2 aromatic rings. The highest BCUT2D eigenvalue weighted by atomic mass is 19.4. The largest absolute Gasteiger partial charge is 0.483 e. The van der Waals surface area contributed by atoms with Crippen molar-refractivity contribution in [3.8, 4) is 5.75 Å². The summed E-state index contributed by atoms with van der Waals surface area (Å²) in [5, 5.41) is 7.73. The van der Waals surface area contributed by atoms with Gasteiger partial charge < -0.3 is 15.0 Å². The zero-order valence-corrected chi connectivity index (χ0v) is 10.9. The summed E-state index contributed by atoms with van der Waals surface area (Å²) in [5.41, 5.74) is 4.68. The summed E-state index contributed by atoms with van der Waals surface area (Å²) < 4.78 is 44.6. The van der Waals surface area contributed by atoms with E-state index in [1.165, 1.54) is 6.07 Å². The molecule has 0 aliphatic rings. The summed E-state index contributed by atoms with van der Waals surface area (Å²) in [7, 11) is 1.77. The van der Waals surface area contributed by atoms with Gasteiger partial charge >= 0.3 is 6.18 Å². The molecule has 0 atom stereocenters. The first-order chi connectivity index (χ1) is 9.29. The van der Waals surface area contributed by atoms with Gasteiger partial charge in [0.15, 0.2) is 5.82 Å². The summed E-state index contributed by atoms with van der Waals surface area (Å²) in [6, 6.07) is 2.96. The molecule has 1 aromatic heterocycles. The number of aryl methyl sites for hydroxylation is 1. The molecule has 0 spiro atoms. The zero-order chi connectivity index (χ0) is 14.9. The maximum Gasteiger partial charge on any atom is 0.416 e. The van der Waals surface area contributed by atoms with Gasteiger partial charge in [0.05, 0.1) is 11.3 Å². The lowest BCUT2D eigenvalue weighted by molar-refractivity contribution is -0.137. The van der Waals surface area contributed by atoms with E-state index in [4.69, 9.17) is 10.5 Å².